The predicted octanol–water partition coefficient (Wildman–Crippen LogP) is 4.71. The molecule has 1 heteroatoms. The minimum Gasteiger partial charge on any atom is -0.331 e. The quantitative estimate of drug-likeness (QED) is 0.680. The topological polar surface area (TPSA) is 26.0 Å². The molecule has 0 aliphatic carbocycles. The molecule has 0 saturated heterocycles. The lowest BCUT2D eigenvalue weighted by Gasteiger charge is -1.93. The molecule has 0 aliphatic rings. The second-order valence-corrected chi connectivity index (χ2v) is 3.20. The summed E-state index contributed by atoms with van der Waals surface area (Å²) in [6.07, 6.45) is 1.25. The summed E-state index contributed by atoms with van der Waals surface area (Å²) in [6.45, 7) is 15.1. The Morgan fingerprint density at radius 2 is 1.06 bits per heavy atom. The van der Waals surface area contributed by atoms with E-state index in [9.17, 15) is 0 Å². The van der Waals surface area contributed by atoms with E-state index in [1.807, 2.05) is 20.8 Å². The molecule has 0 aromatic heterocycles. The van der Waals surface area contributed by atoms with Gasteiger partial charge in [-0.1, -0.05) is 65.3 Å². The van der Waals surface area contributed by atoms with Crippen molar-refractivity contribution in [1.29, 1.82) is 0 Å². The number of nitrogens with two attached hydrogens (primary N) is 1. The van der Waals surface area contributed by atoms with Crippen molar-refractivity contribution in [3.8, 4) is 0 Å². The number of aryl methyl sites for hydroxylation is 2. The van der Waals surface area contributed by atoms with Crippen molar-refractivity contribution in [2.75, 3.05) is 6.54 Å². The van der Waals surface area contributed by atoms with Crippen LogP contribution in [0.1, 0.15) is 52.2 Å². The van der Waals surface area contributed by atoms with Crippen molar-refractivity contribution in [3.63, 3.8) is 0 Å². The molecular formula is C15H31N. The van der Waals surface area contributed by atoms with Gasteiger partial charge in [0.05, 0.1) is 0 Å². The third kappa shape index (κ3) is 18.9. The van der Waals surface area contributed by atoms with Crippen molar-refractivity contribution in [2.24, 2.45) is 5.73 Å². The molecule has 0 atom stereocenters. The van der Waals surface area contributed by atoms with E-state index in [0.29, 0.717) is 0 Å². The Hall–Kier alpha value is -0.820. The molecule has 1 aromatic rings. The van der Waals surface area contributed by atoms with Gasteiger partial charge in [0.25, 0.3) is 0 Å². The molecule has 96 valence electrons. The molecule has 0 saturated carbocycles. The Morgan fingerprint density at radius 3 is 1.19 bits per heavy atom. The molecule has 0 unspecified atom stereocenters. The molecule has 16 heavy (non-hydrogen) atoms. The fourth-order valence-corrected chi connectivity index (χ4v) is 0.663. The van der Waals surface area contributed by atoms with Crippen LogP contribution in [0.15, 0.2) is 24.3 Å². The first kappa shape index (κ1) is 20.6. The van der Waals surface area contributed by atoms with E-state index in [4.69, 9.17) is 5.73 Å². The summed E-state index contributed by atoms with van der Waals surface area (Å²) in [7, 11) is 0. The summed E-state index contributed by atoms with van der Waals surface area (Å²) >= 11 is 0. The molecule has 0 amide bonds. The van der Waals surface area contributed by atoms with Crippen LogP contribution < -0.4 is 5.73 Å². The Morgan fingerprint density at radius 1 is 0.875 bits per heavy atom. The fourth-order valence-electron chi connectivity index (χ4n) is 0.663. The van der Waals surface area contributed by atoms with Crippen LogP contribution in [-0.2, 0) is 0 Å². The summed E-state index contributed by atoms with van der Waals surface area (Å²) in [5, 5.41) is 0. The molecule has 0 aliphatic heterocycles. The molecule has 1 nitrogen and oxygen atoms in total. The molecular weight excluding hydrogens is 194 g/mol. The van der Waals surface area contributed by atoms with Crippen LogP contribution in [0.4, 0.5) is 0 Å². The summed E-state index contributed by atoms with van der Waals surface area (Å²) in [4.78, 5) is 0. The predicted molar refractivity (Wildman–Crippen MR) is 78.0 cm³/mol. The molecule has 1 aromatic carbocycles. The van der Waals surface area contributed by atoms with E-state index >= 15 is 0 Å². The van der Waals surface area contributed by atoms with Crippen LogP contribution in [0.5, 0.6) is 0 Å². The van der Waals surface area contributed by atoms with E-state index in [-0.39, 0.29) is 0 Å². The molecule has 0 spiro atoms. The van der Waals surface area contributed by atoms with E-state index in [0.717, 1.165) is 6.54 Å². The van der Waals surface area contributed by atoms with Crippen LogP contribution >= 0.6 is 0 Å². The normalized spacial score (nSPS) is 7.25. The van der Waals surface area contributed by atoms with Crippen LogP contribution in [0, 0.1) is 13.8 Å². The lowest BCUT2D eigenvalue weighted by Crippen LogP contribution is -1.87. The Kier molecular flexibility index (Phi) is 25.3. The van der Waals surface area contributed by atoms with Crippen LogP contribution in [0.2, 0.25) is 0 Å². The Balaban J connectivity index is -0.000000179. The van der Waals surface area contributed by atoms with Gasteiger partial charge >= 0.3 is 0 Å². The standard InChI is InChI=1S/C8H10.C3H8.C2H7N.C2H6/c1-7-5-3-4-6-8(7)2;1-3-2;1-2-3;1-2/h3-6H,1-2H3;3H2,1-2H3;2-3H2,1H3;1-2H3. The average molecular weight is 225 g/mol. The Labute approximate surface area is 103 Å². The van der Waals surface area contributed by atoms with Gasteiger partial charge in [-0.05, 0) is 31.5 Å². The highest BCUT2D eigenvalue weighted by atomic mass is 14.5. The van der Waals surface area contributed by atoms with E-state index in [1.165, 1.54) is 17.5 Å². The minimum absolute atomic E-state index is 0.750. The van der Waals surface area contributed by atoms with E-state index in [1.54, 1.807) is 0 Å². The van der Waals surface area contributed by atoms with Gasteiger partial charge in [0.2, 0.25) is 0 Å². The van der Waals surface area contributed by atoms with Crippen molar-refractivity contribution < 1.29 is 0 Å². The molecule has 2 N–H and O–H groups in total. The molecule has 0 bridgehead atoms. The largest absolute Gasteiger partial charge is 0.331 e. The van der Waals surface area contributed by atoms with Gasteiger partial charge in [-0.25, -0.2) is 0 Å². The number of benzene rings is 1. The first-order valence-corrected chi connectivity index (χ1v) is 6.36. The fraction of sp³-hybridized carbons (Fsp3) is 0.600. The average Bonchev–Trinajstić information content (AvgIpc) is 2.28. The van der Waals surface area contributed by atoms with Gasteiger partial charge in [0.15, 0.2) is 0 Å². The number of hydrogen-bond donors (Lipinski definition) is 1. The SMILES string of the molecule is CC.CCC.CCN.Cc1ccccc1C. The highest BCUT2D eigenvalue weighted by Crippen LogP contribution is 2.02. The zero-order valence-electron chi connectivity index (χ0n) is 12.3. The Bertz CT molecular complexity index is 183. The van der Waals surface area contributed by atoms with Crippen LogP contribution in [-0.4, -0.2) is 6.54 Å². The third-order valence-corrected chi connectivity index (χ3v) is 1.43. The van der Waals surface area contributed by atoms with Crippen molar-refractivity contribution in [2.45, 2.75) is 54.9 Å². The van der Waals surface area contributed by atoms with Crippen LogP contribution in [0.3, 0.4) is 0 Å². The van der Waals surface area contributed by atoms with Crippen molar-refractivity contribution in [3.05, 3.63) is 35.4 Å². The molecule has 1 rings (SSSR count). The second kappa shape index (κ2) is 19.7. The maximum atomic E-state index is 4.85. The second-order valence-electron chi connectivity index (χ2n) is 3.20. The highest BCUT2D eigenvalue weighted by molar-refractivity contribution is 5.23. The van der Waals surface area contributed by atoms with Gasteiger partial charge < -0.3 is 5.73 Å². The lowest BCUT2D eigenvalue weighted by molar-refractivity contribution is 1.09. The van der Waals surface area contributed by atoms with Crippen molar-refractivity contribution in [1.82, 2.24) is 0 Å². The summed E-state index contributed by atoms with van der Waals surface area (Å²) in [5.74, 6) is 0. The maximum absolute atomic E-state index is 4.85. The molecule has 0 heterocycles. The first-order chi connectivity index (χ1) is 7.63. The summed E-state index contributed by atoms with van der Waals surface area (Å²) < 4.78 is 0. The zero-order valence-corrected chi connectivity index (χ0v) is 12.3. The molecule has 0 fully saturated rings. The minimum atomic E-state index is 0.750. The van der Waals surface area contributed by atoms with Crippen molar-refractivity contribution >= 4 is 0 Å². The number of rotatable bonds is 0. The number of hydrogen-bond acceptors (Lipinski definition) is 1. The van der Waals surface area contributed by atoms with Gasteiger partial charge in [-0.3, -0.25) is 0 Å². The summed E-state index contributed by atoms with van der Waals surface area (Å²) in [5.41, 5.74) is 7.58. The highest BCUT2D eigenvalue weighted by Gasteiger charge is 1.83. The maximum Gasteiger partial charge on any atom is -0.0106 e. The zero-order chi connectivity index (χ0) is 13.4. The van der Waals surface area contributed by atoms with E-state index < -0.39 is 0 Å². The van der Waals surface area contributed by atoms with Crippen LogP contribution in [0.25, 0.3) is 0 Å². The lowest BCUT2D eigenvalue weighted by atomic mass is 10.1. The van der Waals surface area contributed by atoms with Gasteiger partial charge in [-0.15, -0.1) is 0 Å². The van der Waals surface area contributed by atoms with Gasteiger partial charge in [0, 0.05) is 0 Å². The monoisotopic (exact) mass is 225 g/mol. The van der Waals surface area contributed by atoms with E-state index in [2.05, 4.69) is 52.0 Å². The van der Waals surface area contributed by atoms with Gasteiger partial charge in [-0.2, -0.15) is 0 Å². The smallest absolute Gasteiger partial charge is 0.0106 e. The molecule has 0 radical (unpaired) electrons. The third-order valence-electron chi connectivity index (χ3n) is 1.43. The first-order valence-electron chi connectivity index (χ1n) is 6.36. The van der Waals surface area contributed by atoms with Gasteiger partial charge in [0.1, 0.15) is 0 Å². The summed E-state index contributed by atoms with van der Waals surface area (Å²) in [6, 6.07) is 8.36.